The van der Waals surface area contributed by atoms with Crippen LogP contribution in [0.15, 0.2) is 24.4 Å². The molecule has 1 aliphatic heterocycles. The van der Waals surface area contributed by atoms with E-state index in [4.69, 9.17) is 4.74 Å². The van der Waals surface area contributed by atoms with Crippen molar-refractivity contribution in [2.45, 2.75) is 45.6 Å². The zero-order valence-corrected chi connectivity index (χ0v) is 16.0. The summed E-state index contributed by atoms with van der Waals surface area (Å²) in [5, 5.41) is 0. The van der Waals surface area contributed by atoms with E-state index in [-0.39, 0.29) is 12.4 Å². The Balaban J connectivity index is 1.45. The van der Waals surface area contributed by atoms with Gasteiger partial charge in [0.15, 0.2) is 6.61 Å². The van der Waals surface area contributed by atoms with E-state index in [0.29, 0.717) is 17.2 Å². The van der Waals surface area contributed by atoms with E-state index < -0.39 is 5.97 Å². The molecule has 0 radical (unpaired) electrons. The van der Waals surface area contributed by atoms with Crippen LogP contribution >= 0.6 is 0 Å². The van der Waals surface area contributed by atoms with Crippen LogP contribution in [-0.2, 0) is 4.74 Å². The molecule has 1 N–H and O–H groups in total. The monoisotopic (exact) mass is 368 g/mol. The van der Waals surface area contributed by atoms with Crippen molar-refractivity contribution in [3.63, 3.8) is 0 Å². The number of aromatic amines is 1. The molecule has 0 unspecified atom stereocenters. The van der Waals surface area contributed by atoms with Crippen LogP contribution in [0.25, 0.3) is 0 Å². The number of ketones is 1. The number of Topliss-reactive ketones (excluding diaryl/α,β-unsaturated/α-hetero) is 1. The molecular formula is C21H26N3O3+. The Labute approximate surface area is 159 Å². The van der Waals surface area contributed by atoms with Crippen molar-refractivity contribution < 1.29 is 19.3 Å². The average molecular weight is 368 g/mol. The highest BCUT2D eigenvalue weighted by Gasteiger charge is 2.30. The number of carbonyl (C=O) groups excluding carboxylic acids is 2. The van der Waals surface area contributed by atoms with E-state index >= 15 is 0 Å². The quantitative estimate of drug-likeness (QED) is 0.581. The number of ether oxygens (including phenoxy) is 1. The van der Waals surface area contributed by atoms with Crippen LogP contribution < -0.4 is 9.88 Å². The van der Waals surface area contributed by atoms with Crippen LogP contribution in [0.2, 0.25) is 0 Å². The number of rotatable bonds is 6. The number of esters is 1. The minimum Gasteiger partial charge on any atom is -0.453 e. The van der Waals surface area contributed by atoms with Gasteiger partial charge >= 0.3 is 5.97 Å². The van der Waals surface area contributed by atoms with Crippen LogP contribution in [0.1, 0.15) is 63.8 Å². The fourth-order valence-corrected chi connectivity index (χ4v) is 4.04. The van der Waals surface area contributed by atoms with Gasteiger partial charge in [-0.1, -0.05) is 0 Å². The van der Waals surface area contributed by atoms with Gasteiger partial charge in [-0.25, -0.2) is 9.78 Å². The van der Waals surface area contributed by atoms with Crippen LogP contribution in [-0.4, -0.2) is 36.0 Å². The van der Waals surface area contributed by atoms with Crippen LogP contribution in [0.5, 0.6) is 0 Å². The summed E-state index contributed by atoms with van der Waals surface area (Å²) in [4.78, 5) is 30.6. The minimum absolute atomic E-state index is 0.147. The zero-order chi connectivity index (χ0) is 19.0. The van der Waals surface area contributed by atoms with Gasteiger partial charge < -0.3 is 9.30 Å². The molecule has 0 atom stereocenters. The number of carbonyl (C=O) groups is 2. The molecule has 1 saturated heterocycles. The Morgan fingerprint density at radius 2 is 1.93 bits per heavy atom. The molecule has 0 amide bonds. The van der Waals surface area contributed by atoms with E-state index in [1.807, 2.05) is 26.1 Å². The van der Waals surface area contributed by atoms with Gasteiger partial charge in [0.05, 0.1) is 19.3 Å². The molecular weight excluding hydrogens is 342 g/mol. The highest BCUT2D eigenvalue weighted by molar-refractivity contribution is 6.01. The predicted octanol–water partition coefficient (Wildman–Crippen LogP) is 2.89. The van der Waals surface area contributed by atoms with Crippen molar-refractivity contribution in [1.82, 2.24) is 4.57 Å². The SMILES string of the molecule is Cc1cc(C(=O)COC(=O)c2ccc[nH+]c2N2CCCC2)c(C)n1C1CC1. The van der Waals surface area contributed by atoms with Gasteiger partial charge in [-0.2, -0.15) is 0 Å². The number of nitrogens with zero attached hydrogens (tertiary/aromatic N) is 2. The molecule has 2 fully saturated rings. The Bertz CT molecular complexity index is 877. The lowest BCUT2D eigenvalue weighted by Gasteiger charge is -2.12. The maximum absolute atomic E-state index is 12.6. The van der Waals surface area contributed by atoms with Crippen molar-refractivity contribution in [3.8, 4) is 0 Å². The maximum atomic E-state index is 12.6. The molecule has 1 aliphatic carbocycles. The Morgan fingerprint density at radius 1 is 1.19 bits per heavy atom. The van der Waals surface area contributed by atoms with E-state index in [1.165, 1.54) is 12.8 Å². The normalized spacial score (nSPS) is 16.6. The van der Waals surface area contributed by atoms with Crippen LogP contribution in [0, 0.1) is 13.8 Å². The van der Waals surface area contributed by atoms with E-state index in [0.717, 1.165) is 43.1 Å². The highest BCUT2D eigenvalue weighted by atomic mass is 16.5. The molecule has 3 heterocycles. The summed E-state index contributed by atoms with van der Waals surface area (Å²) in [5.41, 5.74) is 3.21. The van der Waals surface area contributed by atoms with Gasteiger partial charge in [0, 0.05) is 23.0 Å². The average Bonchev–Trinajstić information content (AvgIpc) is 3.25. The fourth-order valence-electron chi connectivity index (χ4n) is 4.04. The molecule has 0 aromatic carbocycles. The summed E-state index contributed by atoms with van der Waals surface area (Å²) < 4.78 is 7.61. The van der Waals surface area contributed by atoms with Crippen LogP contribution in [0.4, 0.5) is 5.82 Å². The first-order chi connectivity index (χ1) is 13.1. The third-order valence-corrected chi connectivity index (χ3v) is 5.51. The van der Waals surface area contributed by atoms with Gasteiger partial charge in [-0.15, -0.1) is 0 Å². The molecule has 6 nitrogen and oxygen atoms in total. The molecule has 2 aromatic rings. The lowest BCUT2D eigenvalue weighted by Crippen LogP contribution is -2.29. The highest BCUT2D eigenvalue weighted by Crippen LogP contribution is 2.38. The number of aryl methyl sites for hydroxylation is 1. The Morgan fingerprint density at radius 3 is 2.63 bits per heavy atom. The molecule has 1 saturated carbocycles. The lowest BCUT2D eigenvalue weighted by atomic mass is 10.1. The zero-order valence-electron chi connectivity index (χ0n) is 16.0. The van der Waals surface area contributed by atoms with E-state index in [1.54, 1.807) is 12.1 Å². The van der Waals surface area contributed by atoms with Gasteiger partial charge in [0.1, 0.15) is 5.56 Å². The molecule has 6 heteroatoms. The van der Waals surface area contributed by atoms with Crippen molar-refractivity contribution >= 4 is 17.6 Å². The van der Waals surface area contributed by atoms with Gasteiger partial charge in [0.25, 0.3) is 5.82 Å². The van der Waals surface area contributed by atoms with Crippen molar-refractivity contribution in [2.24, 2.45) is 0 Å². The second kappa shape index (κ2) is 7.18. The second-order valence-electron chi connectivity index (χ2n) is 7.51. The summed E-state index contributed by atoms with van der Waals surface area (Å²) in [6.07, 6.45) is 6.38. The predicted molar refractivity (Wildman–Crippen MR) is 101 cm³/mol. The third-order valence-electron chi connectivity index (χ3n) is 5.51. The van der Waals surface area contributed by atoms with Gasteiger partial charge in [0.2, 0.25) is 5.78 Å². The first-order valence-electron chi connectivity index (χ1n) is 9.70. The molecule has 142 valence electrons. The molecule has 0 spiro atoms. The third kappa shape index (κ3) is 3.48. The van der Waals surface area contributed by atoms with Crippen LogP contribution in [0.3, 0.4) is 0 Å². The van der Waals surface area contributed by atoms with Gasteiger partial charge in [-0.05, 0) is 57.7 Å². The summed E-state index contributed by atoms with van der Waals surface area (Å²) in [7, 11) is 0. The van der Waals surface area contributed by atoms with E-state index in [9.17, 15) is 9.59 Å². The summed E-state index contributed by atoms with van der Waals surface area (Å²) >= 11 is 0. The number of aromatic nitrogens is 2. The van der Waals surface area contributed by atoms with Crippen molar-refractivity contribution in [2.75, 3.05) is 24.6 Å². The smallest absolute Gasteiger partial charge is 0.346 e. The fraction of sp³-hybridized carbons (Fsp3) is 0.476. The summed E-state index contributed by atoms with van der Waals surface area (Å²) in [6.45, 7) is 5.61. The van der Waals surface area contributed by atoms with Crippen molar-refractivity contribution in [1.29, 1.82) is 0 Å². The first kappa shape index (κ1) is 17.8. The van der Waals surface area contributed by atoms with Gasteiger partial charge in [-0.3, -0.25) is 9.69 Å². The largest absolute Gasteiger partial charge is 0.453 e. The van der Waals surface area contributed by atoms with E-state index in [2.05, 4.69) is 14.5 Å². The second-order valence-corrected chi connectivity index (χ2v) is 7.51. The minimum atomic E-state index is -0.460. The van der Waals surface area contributed by atoms with Crippen molar-refractivity contribution in [3.05, 3.63) is 46.9 Å². The molecule has 0 bridgehead atoms. The summed E-state index contributed by atoms with van der Waals surface area (Å²) in [5.74, 6) is 0.170. The molecule has 4 rings (SSSR count). The topological polar surface area (TPSA) is 65.7 Å². The maximum Gasteiger partial charge on any atom is 0.346 e. The number of anilines is 1. The molecule has 2 aromatic heterocycles. The first-order valence-corrected chi connectivity index (χ1v) is 9.70. The Kier molecular flexibility index (Phi) is 4.72. The number of hydrogen-bond donors (Lipinski definition) is 0. The standard InChI is InChI=1S/C21H25N3O3/c1-14-12-18(15(2)24(14)16-7-8-16)19(25)13-27-21(26)17-6-5-9-22-20(17)23-10-3-4-11-23/h5-6,9,12,16H,3-4,7-8,10-11,13H2,1-2H3/p+1. The number of nitrogens with one attached hydrogen (secondary N) is 1. The summed E-state index contributed by atoms with van der Waals surface area (Å²) in [6, 6.07) is 5.96. The molecule has 2 aliphatic rings. The molecule has 27 heavy (non-hydrogen) atoms. The number of hydrogen-bond acceptors (Lipinski definition) is 4. The number of H-pyrrole nitrogens is 1. The Hall–Kier alpha value is -2.63. The lowest BCUT2D eigenvalue weighted by molar-refractivity contribution is -0.364. The number of pyridine rings is 1.